The van der Waals surface area contributed by atoms with Crippen LogP contribution >= 0.6 is 0 Å². The summed E-state index contributed by atoms with van der Waals surface area (Å²) in [5, 5.41) is 0. The van der Waals surface area contributed by atoms with Gasteiger partial charge in [0.15, 0.2) is 11.6 Å². The van der Waals surface area contributed by atoms with E-state index in [9.17, 15) is 17.2 Å². The fourth-order valence-electron chi connectivity index (χ4n) is 1.74. The lowest BCUT2D eigenvalue weighted by molar-refractivity contribution is 0.511. The summed E-state index contributed by atoms with van der Waals surface area (Å²) in [4.78, 5) is 3.89. The number of rotatable bonds is 4. The van der Waals surface area contributed by atoms with E-state index < -0.39 is 21.7 Å². The first-order valence-electron chi connectivity index (χ1n) is 5.34. The Hall–Kier alpha value is -1.74. The van der Waals surface area contributed by atoms with Gasteiger partial charge in [0.2, 0.25) is 16.0 Å². The topological polar surface area (TPSA) is 90.0 Å². The molecule has 104 valence electrons. The third kappa shape index (κ3) is 2.82. The fourth-order valence-corrected chi connectivity index (χ4v) is 2.21. The summed E-state index contributed by atoms with van der Waals surface area (Å²) in [6.45, 7) is 0.0558. The molecule has 3 N–H and O–H groups in total. The molecule has 0 fully saturated rings. The molecule has 6 nitrogen and oxygen atoms in total. The van der Waals surface area contributed by atoms with E-state index in [1.54, 1.807) is 0 Å². The molecule has 0 amide bonds. The van der Waals surface area contributed by atoms with Crippen molar-refractivity contribution in [2.45, 2.75) is 6.54 Å². The molecule has 19 heavy (non-hydrogen) atoms. The molecule has 0 aliphatic carbocycles. The predicted molar refractivity (Wildman–Crippen MR) is 66.9 cm³/mol. The zero-order chi connectivity index (χ0) is 14.2. The molecule has 2 aromatic rings. The average molecular weight is 290 g/mol. The number of nitrogens with two attached hydrogens (primary N) is 1. The van der Waals surface area contributed by atoms with E-state index in [2.05, 4.69) is 9.71 Å². The minimum absolute atomic E-state index is 0.00441. The maximum Gasteiger partial charge on any atom is 0.208 e. The number of aromatic nitrogens is 2. The van der Waals surface area contributed by atoms with Crippen LogP contribution in [-0.2, 0) is 16.6 Å². The SMILES string of the molecule is CS(=O)(=O)NCCn1c(N)nc2ccc(F)c(F)c21. The fraction of sp³-hybridized carbons (Fsp3) is 0.300. The van der Waals surface area contributed by atoms with Crippen LogP contribution < -0.4 is 10.5 Å². The predicted octanol–water partition coefficient (Wildman–Crippen LogP) is 0.446. The molecule has 0 saturated carbocycles. The van der Waals surface area contributed by atoms with Gasteiger partial charge in [-0.25, -0.2) is 26.9 Å². The van der Waals surface area contributed by atoms with Crippen LogP contribution in [0.4, 0.5) is 14.7 Å². The van der Waals surface area contributed by atoms with Crippen molar-refractivity contribution in [1.82, 2.24) is 14.3 Å². The summed E-state index contributed by atoms with van der Waals surface area (Å²) >= 11 is 0. The Kier molecular flexibility index (Phi) is 3.42. The van der Waals surface area contributed by atoms with E-state index in [-0.39, 0.29) is 30.1 Å². The molecule has 0 saturated heterocycles. The zero-order valence-electron chi connectivity index (χ0n) is 10.0. The third-order valence-electron chi connectivity index (χ3n) is 2.53. The first-order valence-corrected chi connectivity index (χ1v) is 7.23. The number of hydrogen-bond donors (Lipinski definition) is 2. The number of halogens is 2. The Morgan fingerprint density at radius 2 is 2.11 bits per heavy atom. The first-order chi connectivity index (χ1) is 8.79. The van der Waals surface area contributed by atoms with Crippen LogP contribution in [0.5, 0.6) is 0 Å². The number of anilines is 1. The summed E-state index contributed by atoms with van der Waals surface area (Å²) in [7, 11) is -3.35. The molecular formula is C10H12F2N4O2S. The summed E-state index contributed by atoms with van der Waals surface area (Å²) < 4.78 is 52.2. The molecule has 9 heteroatoms. The van der Waals surface area contributed by atoms with Crippen molar-refractivity contribution >= 4 is 27.0 Å². The molecular weight excluding hydrogens is 278 g/mol. The summed E-state index contributed by atoms with van der Waals surface area (Å²) in [5.41, 5.74) is 5.75. The quantitative estimate of drug-likeness (QED) is 0.855. The minimum atomic E-state index is -3.35. The number of fused-ring (bicyclic) bond motifs is 1. The summed E-state index contributed by atoms with van der Waals surface area (Å²) in [6.07, 6.45) is 1.00. The van der Waals surface area contributed by atoms with Crippen LogP contribution in [0.2, 0.25) is 0 Å². The first kappa shape index (κ1) is 13.7. The highest BCUT2D eigenvalue weighted by molar-refractivity contribution is 7.88. The number of imidazole rings is 1. The Labute approximate surface area is 108 Å². The lowest BCUT2D eigenvalue weighted by atomic mass is 10.3. The lowest BCUT2D eigenvalue weighted by Crippen LogP contribution is -2.26. The van der Waals surface area contributed by atoms with Crippen LogP contribution in [0.1, 0.15) is 0 Å². The van der Waals surface area contributed by atoms with Crippen LogP contribution in [0.15, 0.2) is 12.1 Å². The van der Waals surface area contributed by atoms with Crippen LogP contribution in [-0.4, -0.2) is 30.8 Å². The number of nitrogens with zero attached hydrogens (tertiary/aromatic N) is 2. The Morgan fingerprint density at radius 1 is 1.42 bits per heavy atom. The van der Waals surface area contributed by atoms with E-state index in [4.69, 9.17) is 5.73 Å². The second kappa shape index (κ2) is 4.74. The van der Waals surface area contributed by atoms with Crippen molar-refractivity contribution in [3.05, 3.63) is 23.8 Å². The Bertz CT molecular complexity index is 727. The normalized spacial score (nSPS) is 12.2. The highest BCUT2D eigenvalue weighted by Crippen LogP contribution is 2.22. The summed E-state index contributed by atoms with van der Waals surface area (Å²) in [5.74, 6) is -2.07. The molecule has 0 unspecified atom stereocenters. The van der Waals surface area contributed by atoms with Gasteiger partial charge in [0.25, 0.3) is 0 Å². The van der Waals surface area contributed by atoms with Gasteiger partial charge < -0.3 is 10.3 Å². The molecule has 0 bridgehead atoms. The largest absolute Gasteiger partial charge is 0.369 e. The standard InChI is InChI=1S/C10H12F2N4O2S/c1-19(17,18)14-4-5-16-9-7(15-10(16)13)3-2-6(11)8(9)12/h2-3,14H,4-5H2,1H3,(H2,13,15). The highest BCUT2D eigenvalue weighted by Gasteiger charge is 2.16. The Balaban J connectivity index is 2.37. The Morgan fingerprint density at radius 3 is 2.74 bits per heavy atom. The van der Waals surface area contributed by atoms with Gasteiger partial charge in [0.1, 0.15) is 5.52 Å². The molecule has 2 rings (SSSR count). The molecule has 0 atom stereocenters. The van der Waals surface area contributed by atoms with Crippen molar-refractivity contribution in [2.24, 2.45) is 0 Å². The van der Waals surface area contributed by atoms with Crippen LogP contribution in [0, 0.1) is 11.6 Å². The number of sulfonamides is 1. The van der Waals surface area contributed by atoms with Crippen molar-refractivity contribution < 1.29 is 17.2 Å². The molecule has 0 aliphatic heterocycles. The van der Waals surface area contributed by atoms with E-state index in [0.29, 0.717) is 0 Å². The van der Waals surface area contributed by atoms with Crippen molar-refractivity contribution in [2.75, 3.05) is 18.5 Å². The second-order valence-electron chi connectivity index (χ2n) is 4.02. The molecule has 1 heterocycles. The van der Waals surface area contributed by atoms with E-state index in [0.717, 1.165) is 12.3 Å². The zero-order valence-corrected chi connectivity index (χ0v) is 10.8. The monoisotopic (exact) mass is 290 g/mol. The number of benzene rings is 1. The smallest absolute Gasteiger partial charge is 0.208 e. The lowest BCUT2D eigenvalue weighted by Gasteiger charge is -2.07. The number of nitrogens with one attached hydrogen (secondary N) is 1. The van der Waals surface area contributed by atoms with Gasteiger partial charge in [-0.1, -0.05) is 0 Å². The van der Waals surface area contributed by atoms with Gasteiger partial charge in [-0.2, -0.15) is 0 Å². The van der Waals surface area contributed by atoms with Crippen molar-refractivity contribution in [3.63, 3.8) is 0 Å². The molecule has 1 aromatic heterocycles. The van der Waals surface area contributed by atoms with Gasteiger partial charge in [0.05, 0.1) is 11.8 Å². The molecule has 0 aliphatic rings. The maximum atomic E-state index is 13.7. The minimum Gasteiger partial charge on any atom is -0.369 e. The van der Waals surface area contributed by atoms with E-state index in [1.165, 1.54) is 10.6 Å². The molecule has 0 radical (unpaired) electrons. The molecule has 1 aromatic carbocycles. The van der Waals surface area contributed by atoms with Crippen molar-refractivity contribution in [3.8, 4) is 0 Å². The van der Waals surface area contributed by atoms with Gasteiger partial charge in [-0.3, -0.25) is 0 Å². The van der Waals surface area contributed by atoms with Gasteiger partial charge >= 0.3 is 0 Å². The summed E-state index contributed by atoms with van der Waals surface area (Å²) in [6, 6.07) is 2.27. The van der Waals surface area contributed by atoms with Crippen LogP contribution in [0.25, 0.3) is 11.0 Å². The second-order valence-corrected chi connectivity index (χ2v) is 5.85. The highest BCUT2D eigenvalue weighted by atomic mass is 32.2. The van der Waals surface area contributed by atoms with Crippen LogP contribution in [0.3, 0.4) is 0 Å². The van der Waals surface area contributed by atoms with Crippen molar-refractivity contribution in [1.29, 1.82) is 0 Å². The van der Waals surface area contributed by atoms with Gasteiger partial charge in [-0.15, -0.1) is 0 Å². The number of hydrogen-bond acceptors (Lipinski definition) is 4. The molecule has 0 spiro atoms. The van der Waals surface area contributed by atoms with Gasteiger partial charge in [-0.05, 0) is 12.1 Å². The third-order valence-corrected chi connectivity index (χ3v) is 3.26. The van der Waals surface area contributed by atoms with E-state index >= 15 is 0 Å². The van der Waals surface area contributed by atoms with E-state index in [1.807, 2.05) is 0 Å². The average Bonchev–Trinajstić information content (AvgIpc) is 2.60. The van der Waals surface area contributed by atoms with Gasteiger partial charge in [0, 0.05) is 13.1 Å². The number of nitrogen functional groups attached to an aromatic ring is 1. The maximum absolute atomic E-state index is 13.7.